The molecule has 3 nitrogen and oxygen atoms in total. The van der Waals surface area contributed by atoms with Crippen LogP contribution < -0.4 is 5.32 Å². The van der Waals surface area contributed by atoms with Crippen molar-refractivity contribution in [1.29, 1.82) is 0 Å². The maximum atomic E-state index is 13.6. The molecule has 1 saturated heterocycles. The fraction of sp³-hybridized carbons (Fsp3) is 0.364. The number of rotatable bonds is 2. The SMILES string of the molecule is O=C1CN(Cc2c(Br)cc(F)c(F)c2F)CCN1. The first-order valence-corrected chi connectivity index (χ1v) is 6.09. The largest absolute Gasteiger partial charge is 0.354 e. The summed E-state index contributed by atoms with van der Waals surface area (Å²) < 4.78 is 39.8. The van der Waals surface area contributed by atoms with Gasteiger partial charge in [0.25, 0.3) is 0 Å². The van der Waals surface area contributed by atoms with Gasteiger partial charge in [0, 0.05) is 29.7 Å². The molecular formula is C11H10BrF3N2O. The van der Waals surface area contributed by atoms with Crippen molar-refractivity contribution in [2.24, 2.45) is 0 Å². The second-order valence-electron chi connectivity index (χ2n) is 4.01. The highest BCUT2D eigenvalue weighted by molar-refractivity contribution is 9.10. The molecule has 1 aromatic rings. The minimum atomic E-state index is -1.49. The predicted molar refractivity (Wildman–Crippen MR) is 62.3 cm³/mol. The quantitative estimate of drug-likeness (QED) is 0.665. The number of piperazine rings is 1. The van der Waals surface area contributed by atoms with Gasteiger partial charge >= 0.3 is 0 Å². The molecule has 1 aliphatic heterocycles. The molecule has 98 valence electrons. The summed E-state index contributed by atoms with van der Waals surface area (Å²) in [5, 5.41) is 2.63. The Morgan fingerprint density at radius 1 is 1.33 bits per heavy atom. The highest BCUT2D eigenvalue weighted by atomic mass is 79.9. The molecule has 1 aromatic carbocycles. The van der Waals surface area contributed by atoms with Crippen LogP contribution in [0.15, 0.2) is 10.5 Å². The third-order valence-electron chi connectivity index (χ3n) is 2.71. The first-order chi connectivity index (χ1) is 8.49. The molecule has 0 aliphatic carbocycles. The van der Waals surface area contributed by atoms with Crippen LogP contribution in [0.25, 0.3) is 0 Å². The van der Waals surface area contributed by atoms with Crippen molar-refractivity contribution < 1.29 is 18.0 Å². The molecule has 0 unspecified atom stereocenters. The fourth-order valence-electron chi connectivity index (χ4n) is 1.80. The number of nitrogens with zero attached hydrogens (tertiary/aromatic N) is 1. The van der Waals surface area contributed by atoms with Crippen molar-refractivity contribution >= 4 is 21.8 Å². The van der Waals surface area contributed by atoms with Gasteiger partial charge in [-0.2, -0.15) is 0 Å². The first kappa shape index (κ1) is 13.4. The molecule has 0 atom stereocenters. The second kappa shape index (κ2) is 5.27. The van der Waals surface area contributed by atoms with Gasteiger partial charge in [0.1, 0.15) is 0 Å². The van der Waals surface area contributed by atoms with Crippen molar-refractivity contribution in [1.82, 2.24) is 10.2 Å². The standard InChI is InChI=1S/C11H10BrF3N2O/c12-7-3-8(13)11(15)10(14)6(7)4-17-2-1-16-9(18)5-17/h3H,1-2,4-5H2,(H,16,18). The average Bonchev–Trinajstić information content (AvgIpc) is 2.32. The van der Waals surface area contributed by atoms with E-state index >= 15 is 0 Å². The number of carbonyl (C=O) groups excluding carboxylic acids is 1. The van der Waals surface area contributed by atoms with E-state index in [0.717, 1.165) is 6.07 Å². The molecule has 1 amide bonds. The van der Waals surface area contributed by atoms with Gasteiger partial charge in [-0.05, 0) is 6.07 Å². The van der Waals surface area contributed by atoms with Gasteiger partial charge < -0.3 is 5.32 Å². The maximum absolute atomic E-state index is 13.6. The van der Waals surface area contributed by atoms with Crippen LogP contribution in [0.5, 0.6) is 0 Å². The van der Waals surface area contributed by atoms with Crippen LogP contribution in [0.1, 0.15) is 5.56 Å². The lowest BCUT2D eigenvalue weighted by Crippen LogP contribution is -2.47. The summed E-state index contributed by atoms with van der Waals surface area (Å²) in [6.45, 7) is 1.17. The van der Waals surface area contributed by atoms with Crippen LogP contribution in [0.4, 0.5) is 13.2 Å². The molecule has 0 saturated carbocycles. The summed E-state index contributed by atoms with van der Waals surface area (Å²) in [6.07, 6.45) is 0. The number of halogens is 4. The molecule has 1 aliphatic rings. The highest BCUT2D eigenvalue weighted by Gasteiger charge is 2.22. The van der Waals surface area contributed by atoms with Crippen molar-refractivity contribution in [2.75, 3.05) is 19.6 Å². The highest BCUT2D eigenvalue weighted by Crippen LogP contribution is 2.26. The molecule has 18 heavy (non-hydrogen) atoms. The van der Waals surface area contributed by atoms with Crippen LogP contribution in [0, 0.1) is 17.5 Å². The minimum Gasteiger partial charge on any atom is -0.354 e. The van der Waals surface area contributed by atoms with Crippen LogP contribution in [-0.4, -0.2) is 30.4 Å². The number of benzene rings is 1. The Hall–Kier alpha value is -1.08. The number of hydrogen-bond acceptors (Lipinski definition) is 2. The molecule has 1 heterocycles. The first-order valence-electron chi connectivity index (χ1n) is 5.30. The molecule has 2 rings (SSSR count). The van der Waals surface area contributed by atoms with E-state index in [9.17, 15) is 18.0 Å². The summed E-state index contributed by atoms with van der Waals surface area (Å²) in [6, 6.07) is 0.887. The van der Waals surface area contributed by atoms with E-state index in [2.05, 4.69) is 21.2 Å². The van der Waals surface area contributed by atoms with E-state index in [1.807, 2.05) is 0 Å². The molecular weight excluding hydrogens is 313 g/mol. The van der Waals surface area contributed by atoms with E-state index in [4.69, 9.17) is 0 Å². The number of carbonyl (C=O) groups is 1. The lowest BCUT2D eigenvalue weighted by molar-refractivity contribution is -0.124. The Kier molecular flexibility index (Phi) is 3.91. The zero-order chi connectivity index (χ0) is 13.3. The smallest absolute Gasteiger partial charge is 0.234 e. The van der Waals surface area contributed by atoms with E-state index < -0.39 is 17.5 Å². The van der Waals surface area contributed by atoms with Crippen molar-refractivity contribution in [3.63, 3.8) is 0 Å². The summed E-state index contributed by atoms with van der Waals surface area (Å²) in [5.74, 6) is -4.11. The molecule has 1 N–H and O–H groups in total. The summed E-state index contributed by atoms with van der Waals surface area (Å²) in [7, 11) is 0. The molecule has 7 heteroatoms. The van der Waals surface area contributed by atoms with Crippen molar-refractivity contribution in [2.45, 2.75) is 6.54 Å². The Labute approximate surface area is 110 Å². The summed E-state index contributed by atoms with van der Waals surface area (Å²) >= 11 is 3.00. The van der Waals surface area contributed by atoms with Gasteiger partial charge in [0.05, 0.1) is 6.54 Å². The van der Waals surface area contributed by atoms with Crippen LogP contribution >= 0.6 is 15.9 Å². The normalized spacial score (nSPS) is 16.8. The lowest BCUT2D eigenvalue weighted by atomic mass is 10.1. The fourth-order valence-corrected chi connectivity index (χ4v) is 2.30. The van der Waals surface area contributed by atoms with Crippen LogP contribution in [0.2, 0.25) is 0 Å². The van der Waals surface area contributed by atoms with Gasteiger partial charge in [0.2, 0.25) is 5.91 Å². The molecule has 1 fully saturated rings. The van der Waals surface area contributed by atoms with Gasteiger partial charge in [-0.3, -0.25) is 9.69 Å². The van der Waals surface area contributed by atoms with Gasteiger partial charge in [-0.15, -0.1) is 0 Å². The third kappa shape index (κ3) is 2.67. The Morgan fingerprint density at radius 2 is 2.06 bits per heavy atom. The monoisotopic (exact) mass is 322 g/mol. The maximum Gasteiger partial charge on any atom is 0.234 e. The number of hydrogen-bond donors (Lipinski definition) is 1. The summed E-state index contributed by atoms with van der Waals surface area (Å²) in [4.78, 5) is 12.8. The van der Waals surface area contributed by atoms with Gasteiger partial charge in [-0.25, -0.2) is 13.2 Å². The Morgan fingerprint density at radius 3 is 2.72 bits per heavy atom. The molecule has 0 bridgehead atoms. The van der Waals surface area contributed by atoms with E-state index in [0.29, 0.717) is 13.1 Å². The van der Waals surface area contributed by atoms with Crippen LogP contribution in [-0.2, 0) is 11.3 Å². The third-order valence-corrected chi connectivity index (χ3v) is 3.42. The van der Waals surface area contributed by atoms with E-state index in [1.165, 1.54) is 0 Å². The second-order valence-corrected chi connectivity index (χ2v) is 4.86. The Bertz CT molecular complexity index is 496. The number of nitrogens with one attached hydrogen (secondary N) is 1. The zero-order valence-corrected chi connectivity index (χ0v) is 10.9. The predicted octanol–water partition coefficient (Wildman–Crippen LogP) is 1.80. The Balaban J connectivity index is 2.23. The minimum absolute atomic E-state index is 0.0172. The van der Waals surface area contributed by atoms with Crippen LogP contribution in [0.3, 0.4) is 0 Å². The van der Waals surface area contributed by atoms with Gasteiger partial charge in [0.15, 0.2) is 17.5 Å². The molecule has 0 spiro atoms. The topological polar surface area (TPSA) is 32.3 Å². The molecule has 0 radical (unpaired) electrons. The molecule has 0 aromatic heterocycles. The van der Waals surface area contributed by atoms with E-state index in [-0.39, 0.29) is 29.0 Å². The van der Waals surface area contributed by atoms with Crippen molar-refractivity contribution in [3.05, 3.63) is 33.6 Å². The lowest BCUT2D eigenvalue weighted by Gasteiger charge is -2.27. The average molecular weight is 323 g/mol. The summed E-state index contributed by atoms with van der Waals surface area (Å²) in [5.41, 5.74) is 0.0172. The zero-order valence-electron chi connectivity index (χ0n) is 9.27. The van der Waals surface area contributed by atoms with Crippen molar-refractivity contribution in [3.8, 4) is 0 Å². The number of amides is 1. The van der Waals surface area contributed by atoms with E-state index in [1.54, 1.807) is 4.90 Å². The van der Waals surface area contributed by atoms with Gasteiger partial charge in [-0.1, -0.05) is 15.9 Å².